The van der Waals surface area contributed by atoms with Crippen molar-refractivity contribution >= 4 is 5.84 Å². The van der Waals surface area contributed by atoms with Crippen LogP contribution in [-0.4, -0.2) is 25.4 Å². The number of halogens is 3. The van der Waals surface area contributed by atoms with Crippen LogP contribution in [0.3, 0.4) is 0 Å². The molecular weight excluding hydrogens is 249 g/mol. The number of alkyl halides is 3. The molecule has 0 aliphatic rings. The Hall–Kier alpha value is -1.76. The van der Waals surface area contributed by atoms with E-state index in [0.29, 0.717) is 12.2 Å². The average molecular weight is 262 g/mol. The minimum atomic E-state index is -4.35. The smallest absolute Gasteiger partial charge is 0.411 e. The van der Waals surface area contributed by atoms with Crippen molar-refractivity contribution in [2.75, 3.05) is 13.4 Å². The molecule has 0 fully saturated rings. The minimum absolute atomic E-state index is 0.0391. The van der Waals surface area contributed by atoms with Crippen molar-refractivity contribution in [2.45, 2.75) is 12.6 Å². The highest BCUT2D eigenvalue weighted by molar-refractivity contribution is 5.79. The first-order valence-corrected chi connectivity index (χ1v) is 5.06. The summed E-state index contributed by atoms with van der Waals surface area (Å²) in [6.07, 6.45) is -4.03. The summed E-state index contributed by atoms with van der Waals surface area (Å²) in [5.74, 6) is 0.432. The molecule has 0 aliphatic carbocycles. The second-order valence-electron chi connectivity index (χ2n) is 3.57. The summed E-state index contributed by atoms with van der Waals surface area (Å²) in [4.78, 5) is 0. The molecule has 0 amide bonds. The lowest BCUT2D eigenvalue weighted by atomic mass is 10.1. The molecule has 1 aromatic rings. The Morgan fingerprint density at radius 3 is 2.33 bits per heavy atom. The quantitative estimate of drug-likeness (QED) is 0.357. The van der Waals surface area contributed by atoms with Gasteiger partial charge in [0.25, 0.3) is 0 Å². The van der Waals surface area contributed by atoms with Crippen molar-refractivity contribution in [2.24, 2.45) is 5.73 Å². The van der Waals surface area contributed by atoms with E-state index >= 15 is 0 Å². The van der Waals surface area contributed by atoms with Crippen LogP contribution < -0.4 is 10.5 Å². The highest BCUT2D eigenvalue weighted by Crippen LogP contribution is 2.15. The van der Waals surface area contributed by atoms with Gasteiger partial charge in [-0.1, -0.05) is 12.1 Å². The molecule has 1 rings (SSSR count). The lowest BCUT2D eigenvalue weighted by molar-refractivity contribution is -0.186. The van der Waals surface area contributed by atoms with Crippen LogP contribution in [0.25, 0.3) is 0 Å². The van der Waals surface area contributed by atoms with E-state index in [2.05, 4.69) is 4.74 Å². The third-order valence-electron chi connectivity index (χ3n) is 1.89. The maximum Gasteiger partial charge on any atom is 0.411 e. The average Bonchev–Trinajstić information content (AvgIpc) is 2.24. The Morgan fingerprint density at radius 1 is 1.22 bits per heavy atom. The fourth-order valence-corrected chi connectivity index (χ4v) is 1.19. The fourth-order valence-electron chi connectivity index (χ4n) is 1.19. The SMILES string of the molecule is N=C(N)Cc1ccc(OCOCC(F)(F)F)cc1. The van der Waals surface area contributed by atoms with E-state index in [4.69, 9.17) is 15.9 Å². The zero-order chi connectivity index (χ0) is 13.6. The van der Waals surface area contributed by atoms with E-state index in [1.807, 2.05) is 0 Å². The molecule has 0 aromatic heterocycles. The molecule has 1 aromatic carbocycles. The molecule has 0 saturated carbocycles. The molecule has 7 heteroatoms. The summed E-state index contributed by atoms with van der Waals surface area (Å²) in [5, 5.41) is 7.10. The van der Waals surface area contributed by atoms with Crippen LogP contribution in [0.4, 0.5) is 13.2 Å². The molecule has 0 radical (unpaired) electrons. The second-order valence-corrected chi connectivity index (χ2v) is 3.57. The standard InChI is InChI=1S/C11H13F3N2O2/c12-11(13,14)6-17-7-18-9-3-1-8(2-4-9)5-10(15)16/h1-4H,5-7H2,(H3,15,16). The Morgan fingerprint density at radius 2 is 1.83 bits per heavy atom. The molecule has 0 atom stereocenters. The fraction of sp³-hybridized carbons (Fsp3) is 0.364. The van der Waals surface area contributed by atoms with E-state index in [9.17, 15) is 13.2 Å². The van der Waals surface area contributed by atoms with E-state index in [0.717, 1.165) is 5.56 Å². The molecule has 4 nitrogen and oxygen atoms in total. The van der Waals surface area contributed by atoms with Crippen molar-refractivity contribution in [1.82, 2.24) is 0 Å². The predicted octanol–water partition coefficient (Wildman–Crippen LogP) is 2.08. The zero-order valence-electron chi connectivity index (χ0n) is 9.46. The first kappa shape index (κ1) is 14.3. The molecule has 0 saturated heterocycles. The van der Waals surface area contributed by atoms with Gasteiger partial charge in [0.15, 0.2) is 6.79 Å². The first-order chi connectivity index (χ1) is 8.37. The molecular formula is C11H13F3N2O2. The highest BCUT2D eigenvalue weighted by Gasteiger charge is 2.27. The zero-order valence-corrected chi connectivity index (χ0v) is 9.46. The summed E-state index contributed by atoms with van der Waals surface area (Å²) < 4.78 is 44.5. The summed E-state index contributed by atoms with van der Waals surface area (Å²) in [6.45, 7) is -1.80. The minimum Gasteiger partial charge on any atom is -0.468 e. The van der Waals surface area contributed by atoms with Gasteiger partial charge in [0.2, 0.25) is 0 Å². The van der Waals surface area contributed by atoms with Crippen molar-refractivity contribution in [3.8, 4) is 5.75 Å². The maximum absolute atomic E-state index is 11.7. The van der Waals surface area contributed by atoms with Gasteiger partial charge in [-0.05, 0) is 17.7 Å². The third kappa shape index (κ3) is 6.09. The number of nitrogens with one attached hydrogen (secondary N) is 1. The maximum atomic E-state index is 11.7. The molecule has 18 heavy (non-hydrogen) atoms. The van der Waals surface area contributed by atoms with Gasteiger partial charge in [-0.2, -0.15) is 13.2 Å². The van der Waals surface area contributed by atoms with Crippen LogP contribution in [0.5, 0.6) is 5.75 Å². The van der Waals surface area contributed by atoms with E-state index < -0.39 is 19.6 Å². The Balaban J connectivity index is 2.33. The van der Waals surface area contributed by atoms with Crippen LogP contribution in [0.1, 0.15) is 5.56 Å². The predicted molar refractivity (Wildman–Crippen MR) is 59.6 cm³/mol. The van der Waals surface area contributed by atoms with Crippen LogP contribution in [0, 0.1) is 5.41 Å². The van der Waals surface area contributed by atoms with Gasteiger partial charge in [0.05, 0.1) is 5.84 Å². The Labute approximate surface area is 102 Å². The van der Waals surface area contributed by atoms with Gasteiger partial charge >= 0.3 is 6.18 Å². The van der Waals surface area contributed by atoms with E-state index in [-0.39, 0.29) is 5.84 Å². The van der Waals surface area contributed by atoms with Crippen LogP contribution in [0.2, 0.25) is 0 Å². The van der Waals surface area contributed by atoms with Crippen molar-refractivity contribution in [1.29, 1.82) is 5.41 Å². The van der Waals surface area contributed by atoms with Gasteiger partial charge in [-0.25, -0.2) is 0 Å². The lowest BCUT2D eigenvalue weighted by Crippen LogP contribution is -2.19. The van der Waals surface area contributed by atoms with Gasteiger partial charge in [-0.3, -0.25) is 5.41 Å². The van der Waals surface area contributed by atoms with Crippen molar-refractivity contribution in [3.05, 3.63) is 29.8 Å². The van der Waals surface area contributed by atoms with Crippen LogP contribution in [0.15, 0.2) is 24.3 Å². The number of ether oxygens (including phenoxy) is 2. The monoisotopic (exact) mass is 262 g/mol. The summed E-state index contributed by atoms with van der Waals surface area (Å²) in [7, 11) is 0. The van der Waals surface area contributed by atoms with Crippen LogP contribution in [-0.2, 0) is 11.2 Å². The Bertz CT molecular complexity index is 390. The summed E-state index contributed by atoms with van der Waals surface area (Å²) >= 11 is 0. The highest BCUT2D eigenvalue weighted by atomic mass is 19.4. The van der Waals surface area contributed by atoms with E-state index in [1.54, 1.807) is 24.3 Å². The molecule has 0 aliphatic heterocycles. The second kappa shape index (κ2) is 6.25. The first-order valence-electron chi connectivity index (χ1n) is 5.06. The van der Waals surface area contributed by atoms with Gasteiger partial charge in [0, 0.05) is 6.42 Å². The Kier molecular flexibility index (Phi) is 4.96. The number of amidine groups is 1. The van der Waals surface area contributed by atoms with Gasteiger partial charge < -0.3 is 15.2 Å². The molecule has 0 unspecified atom stereocenters. The van der Waals surface area contributed by atoms with Crippen molar-refractivity contribution < 1.29 is 22.6 Å². The van der Waals surface area contributed by atoms with Crippen LogP contribution >= 0.6 is 0 Å². The summed E-state index contributed by atoms with van der Waals surface area (Å²) in [5.41, 5.74) is 6.05. The lowest BCUT2D eigenvalue weighted by Gasteiger charge is -2.09. The van der Waals surface area contributed by atoms with Gasteiger partial charge in [0.1, 0.15) is 12.4 Å². The summed E-state index contributed by atoms with van der Waals surface area (Å²) in [6, 6.07) is 6.52. The molecule has 3 N–H and O–H groups in total. The molecule has 100 valence electrons. The molecule has 0 heterocycles. The topological polar surface area (TPSA) is 68.3 Å². The number of hydrogen-bond acceptors (Lipinski definition) is 3. The number of nitrogens with two attached hydrogens (primary N) is 1. The van der Waals surface area contributed by atoms with E-state index in [1.165, 1.54) is 0 Å². The number of rotatable bonds is 6. The van der Waals surface area contributed by atoms with Gasteiger partial charge in [-0.15, -0.1) is 0 Å². The normalized spacial score (nSPS) is 11.3. The molecule has 0 spiro atoms. The number of hydrogen-bond donors (Lipinski definition) is 2. The third-order valence-corrected chi connectivity index (χ3v) is 1.89. The number of benzene rings is 1. The van der Waals surface area contributed by atoms with Crippen molar-refractivity contribution in [3.63, 3.8) is 0 Å². The molecule has 0 bridgehead atoms. The largest absolute Gasteiger partial charge is 0.468 e.